The van der Waals surface area contributed by atoms with Crippen LogP contribution >= 0.6 is 0 Å². The first kappa shape index (κ1) is 9.12. The Bertz CT molecular complexity index is 406. The van der Waals surface area contributed by atoms with Gasteiger partial charge in [0.25, 0.3) is 0 Å². The monoisotopic (exact) mass is 221 g/mol. The van der Waals surface area contributed by atoms with Gasteiger partial charge < -0.3 is 10.1 Å². The van der Waals surface area contributed by atoms with Gasteiger partial charge in [0.1, 0.15) is 5.82 Å². The predicted octanol–water partition coefficient (Wildman–Crippen LogP) is -0.932. The minimum atomic E-state index is -0.00824. The van der Waals surface area contributed by atoms with Crippen molar-refractivity contribution in [2.75, 3.05) is 0 Å². The molecule has 2 fully saturated rings. The fourth-order valence-electron chi connectivity index (χ4n) is 2.59. The van der Waals surface area contributed by atoms with E-state index in [4.69, 9.17) is 10.6 Å². The third-order valence-electron chi connectivity index (χ3n) is 3.60. The van der Waals surface area contributed by atoms with Crippen LogP contribution in [-0.4, -0.2) is 35.9 Å². The number of nitrogens with one attached hydrogen (secondary N) is 2. The molecule has 0 saturated carbocycles. The number of rotatable bonds is 0. The lowest BCUT2D eigenvalue weighted by atomic mass is 9.96. The van der Waals surface area contributed by atoms with E-state index in [9.17, 15) is 0 Å². The predicted molar refractivity (Wildman–Crippen MR) is 57.8 cm³/mol. The van der Waals surface area contributed by atoms with Gasteiger partial charge in [-0.3, -0.25) is 11.2 Å². The number of ether oxygens (including phenoxy) is 1. The van der Waals surface area contributed by atoms with Crippen LogP contribution in [0.5, 0.6) is 0 Å². The summed E-state index contributed by atoms with van der Waals surface area (Å²) < 4.78 is 5.46. The molecule has 5 unspecified atom stereocenters. The molecule has 5 atom stereocenters. The summed E-state index contributed by atoms with van der Waals surface area (Å²) in [5, 5.41) is 8.46. The van der Waals surface area contributed by atoms with Crippen molar-refractivity contribution in [1.82, 2.24) is 15.6 Å². The Balaban J connectivity index is 1.71. The van der Waals surface area contributed by atoms with E-state index < -0.39 is 0 Å². The molecule has 4 rings (SSSR count). The Labute approximate surface area is 93.5 Å². The standard InChI is InChI=1S/C10H15N5O/c1-4-2-5-6-8(13-6)15(11)10-9(16-10)14-7(5)12-3-4/h3-4,6,8-10,13-14H,2,11H2,1H3. The van der Waals surface area contributed by atoms with E-state index in [-0.39, 0.29) is 18.6 Å². The molecule has 0 amide bonds. The molecular formula is C10H15N5O. The lowest BCUT2D eigenvalue weighted by Crippen LogP contribution is -2.43. The van der Waals surface area contributed by atoms with Crippen LogP contribution in [0.1, 0.15) is 13.3 Å². The summed E-state index contributed by atoms with van der Waals surface area (Å²) in [6, 6.07) is 0.345. The van der Waals surface area contributed by atoms with Gasteiger partial charge in [0, 0.05) is 6.21 Å². The van der Waals surface area contributed by atoms with E-state index in [0.717, 1.165) is 12.2 Å². The first-order chi connectivity index (χ1) is 7.74. The topological polar surface area (TPSA) is 88.1 Å². The van der Waals surface area contributed by atoms with Crippen LogP contribution in [0, 0.1) is 5.92 Å². The summed E-state index contributed by atoms with van der Waals surface area (Å²) in [5.41, 5.74) is 1.34. The van der Waals surface area contributed by atoms with E-state index in [2.05, 4.69) is 22.5 Å². The lowest BCUT2D eigenvalue weighted by Gasteiger charge is -2.22. The van der Waals surface area contributed by atoms with Crippen molar-refractivity contribution in [3.05, 3.63) is 11.4 Å². The van der Waals surface area contributed by atoms with Gasteiger partial charge in [-0.1, -0.05) is 6.92 Å². The zero-order valence-corrected chi connectivity index (χ0v) is 9.05. The van der Waals surface area contributed by atoms with E-state index in [1.165, 1.54) is 5.57 Å². The Hall–Kier alpha value is -0.950. The quantitative estimate of drug-likeness (QED) is 0.363. The third kappa shape index (κ3) is 1.18. The molecule has 4 aliphatic heterocycles. The van der Waals surface area contributed by atoms with Gasteiger partial charge in [0.15, 0.2) is 12.5 Å². The number of hydrazine groups is 1. The smallest absolute Gasteiger partial charge is 0.172 e. The molecule has 0 aromatic rings. The zero-order chi connectivity index (χ0) is 10.9. The number of nitrogens with zero attached hydrogens (tertiary/aromatic N) is 2. The van der Waals surface area contributed by atoms with Gasteiger partial charge in [-0.25, -0.2) is 4.99 Å². The van der Waals surface area contributed by atoms with Gasteiger partial charge in [-0.15, -0.1) is 0 Å². The van der Waals surface area contributed by atoms with Crippen LogP contribution < -0.4 is 16.5 Å². The molecule has 6 heteroatoms. The summed E-state index contributed by atoms with van der Waals surface area (Å²) in [5.74, 6) is 7.47. The molecule has 0 aromatic heterocycles. The first-order valence-electron chi connectivity index (χ1n) is 5.72. The molecule has 4 heterocycles. The molecule has 16 heavy (non-hydrogen) atoms. The van der Waals surface area contributed by atoms with Crippen LogP contribution in [0.2, 0.25) is 0 Å². The number of nitrogens with two attached hydrogens (primary N) is 1. The van der Waals surface area contributed by atoms with Gasteiger partial charge in [0.2, 0.25) is 0 Å². The Kier molecular flexibility index (Phi) is 1.62. The number of epoxide rings is 1. The summed E-state index contributed by atoms with van der Waals surface area (Å²) in [7, 11) is 0. The van der Waals surface area contributed by atoms with Crippen LogP contribution in [-0.2, 0) is 4.74 Å². The normalized spacial score (nSPS) is 49.5. The second-order valence-electron chi connectivity index (χ2n) is 4.96. The van der Waals surface area contributed by atoms with Gasteiger partial charge in [-0.05, 0) is 17.9 Å². The maximum atomic E-state index is 5.98. The second kappa shape index (κ2) is 2.84. The van der Waals surface area contributed by atoms with E-state index in [1.54, 1.807) is 5.01 Å². The molecule has 0 bridgehead atoms. The van der Waals surface area contributed by atoms with Crippen molar-refractivity contribution in [3.8, 4) is 0 Å². The molecule has 0 aliphatic carbocycles. The fraction of sp³-hybridized carbons (Fsp3) is 0.700. The highest BCUT2D eigenvalue weighted by Gasteiger charge is 2.56. The Morgan fingerprint density at radius 3 is 3.38 bits per heavy atom. The van der Waals surface area contributed by atoms with E-state index in [0.29, 0.717) is 12.0 Å². The minimum Gasteiger partial charge on any atom is -0.341 e. The molecule has 4 aliphatic rings. The molecule has 86 valence electrons. The zero-order valence-electron chi connectivity index (χ0n) is 9.05. The lowest BCUT2D eigenvalue weighted by molar-refractivity contribution is 0.165. The van der Waals surface area contributed by atoms with Crippen molar-refractivity contribution in [3.63, 3.8) is 0 Å². The van der Waals surface area contributed by atoms with Crippen LogP contribution in [0.15, 0.2) is 16.4 Å². The number of hydrogen-bond donors (Lipinski definition) is 3. The van der Waals surface area contributed by atoms with Crippen molar-refractivity contribution in [2.24, 2.45) is 16.8 Å². The highest BCUT2D eigenvalue weighted by atomic mass is 16.6. The van der Waals surface area contributed by atoms with E-state index >= 15 is 0 Å². The molecule has 2 saturated heterocycles. The Morgan fingerprint density at radius 1 is 1.62 bits per heavy atom. The highest BCUT2D eigenvalue weighted by Crippen LogP contribution is 2.37. The average Bonchev–Trinajstić information content (AvgIpc) is 3.12. The summed E-state index contributed by atoms with van der Waals surface area (Å²) in [4.78, 5) is 4.48. The maximum absolute atomic E-state index is 5.98. The van der Waals surface area contributed by atoms with Crippen LogP contribution in [0.3, 0.4) is 0 Å². The summed E-state index contributed by atoms with van der Waals surface area (Å²) in [6.45, 7) is 2.18. The van der Waals surface area contributed by atoms with Gasteiger partial charge >= 0.3 is 0 Å². The second-order valence-corrected chi connectivity index (χ2v) is 4.96. The molecular weight excluding hydrogens is 206 g/mol. The Morgan fingerprint density at radius 2 is 2.50 bits per heavy atom. The molecule has 0 aromatic carbocycles. The van der Waals surface area contributed by atoms with Gasteiger partial charge in [0.05, 0.1) is 12.2 Å². The van der Waals surface area contributed by atoms with E-state index in [1.807, 2.05) is 6.21 Å². The van der Waals surface area contributed by atoms with Crippen molar-refractivity contribution < 1.29 is 4.74 Å². The molecule has 6 nitrogen and oxygen atoms in total. The summed E-state index contributed by atoms with van der Waals surface area (Å²) in [6.07, 6.45) is 3.27. The van der Waals surface area contributed by atoms with Crippen LogP contribution in [0.4, 0.5) is 0 Å². The number of hydrogen-bond acceptors (Lipinski definition) is 6. The largest absolute Gasteiger partial charge is 0.341 e. The van der Waals surface area contributed by atoms with Crippen molar-refractivity contribution in [2.45, 2.75) is 38.0 Å². The number of fused-ring (bicyclic) bond motifs is 3. The molecule has 4 N–H and O–H groups in total. The fourth-order valence-corrected chi connectivity index (χ4v) is 2.59. The van der Waals surface area contributed by atoms with Gasteiger partial charge in [-0.2, -0.15) is 5.01 Å². The average molecular weight is 221 g/mol. The van der Waals surface area contributed by atoms with Crippen molar-refractivity contribution >= 4 is 6.21 Å². The minimum absolute atomic E-state index is 0.00362. The highest BCUT2D eigenvalue weighted by molar-refractivity contribution is 5.65. The maximum Gasteiger partial charge on any atom is 0.172 e. The summed E-state index contributed by atoms with van der Waals surface area (Å²) >= 11 is 0. The first-order valence-corrected chi connectivity index (χ1v) is 5.72. The number of aliphatic imine (C=N–C) groups is 1. The SMILES string of the molecule is CC1C=NC2=C(C1)C1NC1N(N)C1OC1N2. The molecule has 0 spiro atoms. The third-order valence-corrected chi connectivity index (χ3v) is 3.60. The molecule has 0 radical (unpaired) electrons. The van der Waals surface area contributed by atoms with Crippen LogP contribution in [0.25, 0.3) is 0 Å². The van der Waals surface area contributed by atoms with Crippen molar-refractivity contribution in [1.29, 1.82) is 0 Å².